The maximum Gasteiger partial charge on any atom is 0.0420 e. The summed E-state index contributed by atoms with van der Waals surface area (Å²) in [5.74, 6) is 0.748. The van der Waals surface area contributed by atoms with Gasteiger partial charge in [-0.1, -0.05) is 19.9 Å². The van der Waals surface area contributed by atoms with Gasteiger partial charge in [0.1, 0.15) is 0 Å². The molecule has 0 aliphatic carbocycles. The third kappa shape index (κ3) is 2.43. The molecule has 0 radical (unpaired) electrons. The quantitative estimate of drug-likeness (QED) is 0.774. The fraction of sp³-hybridized carbons (Fsp3) is 0.643. The lowest BCUT2D eigenvalue weighted by molar-refractivity contribution is 0.228. The van der Waals surface area contributed by atoms with Crippen LogP contribution in [0.15, 0.2) is 18.3 Å². The van der Waals surface area contributed by atoms with E-state index in [1.165, 1.54) is 37.2 Å². The Hall–Kier alpha value is -0.890. The first-order valence-corrected chi connectivity index (χ1v) is 6.34. The number of hydrogen-bond donors (Lipinski definition) is 0. The van der Waals surface area contributed by atoms with E-state index in [9.17, 15) is 0 Å². The Bertz CT molecular complexity index is 346. The van der Waals surface area contributed by atoms with Crippen LogP contribution in [0.3, 0.4) is 0 Å². The summed E-state index contributed by atoms with van der Waals surface area (Å²) in [5.41, 5.74) is 2.63. The van der Waals surface area contributed by atoms with Gasteiger partial charge in [-0.25, -0.2) is 0 Å². The van der Waals surface area contributed by atoms with Crippen LogP contribution < -0.4 is 0 Å². The summed E-state index contributed by atoms with van der Waals surface area (Å²) in [6.07, 6.45) is 4.51. The van der Waals surface area contributed by atoms with Gasteiger partial charge in [-0.2, -0.15) is 0 Å². The highest BCUT2D eigenvalue weighted by Crippen LogP contribution is 2.33. The Morgan fingerprint density at radius 2 is 2.31 bits per heavy atom. The average molecular weight is 218 g/mol. The molecule has 1 aliphatic rings. The number of hydrogen-bond acceptors (Lipinski definition) is 2. The molecule has 2 heterocycles. The lowest BCUT2D eigenvalue weighted by atomic mass is 10.0. The zero-order valence-electron chi connectivity index (χ0n) is 10.6. The van der Waals surface area contributed by atoms with E-state index >= 15 is 0 Å². The van der Waals surface area contributed by atoms with Gasteiger partial charge in [-0.05, 0) is 43.9 Å². The van der Waals surface area contributed by atoms with Gasteiger partial charge in [-0.3, -0.25) is 9.88 Å². The van der Waals surface area contributed by atoms with Crippen LogP contribution in [-0.4, -0.2) is 23.0 Å². The summed E-state index contributed by atoms with van der Waals surface area (Å²) in [6.45, 7) is 9.17. The molecule has 88 valence electrons. The summed E-state index contributed by atoms with van der Waals surface area (Å²) in [7, 11) is 0. The second-order valence-corrected chi connectivity index (χ2v) is 5.22. The Balaban J connectivity index is 2.17. The van der Waals surface area contributed by atoms with Crippen LogP contribution in [0.2, 0.25) is 0 Å². The lowest BCUT2D eigenvalue weighted by Gasteiger charge is -2.27. The Kier molecular flexibility index (Phi) is 3.59. The first kappa shape index (κ1) is 11.6. The number of aryl methyl sites for hydroxylation is 1. The Labute approximate surface area is 98.7 Å². The molecule has 1 aromatic rings. The van der Waals surface area contributed by atoms with Crippen LogP contribution in [0.1, 0.15) is 44.0 Å². The summed E-state index contributed by atoms with van der Waals surface area (Å²) >= 11 is 0. The number of pyridine rings is 1. The van der Waals surface area contributed by atoms with Gasteiger partial charge in [-0.15, -0.1) is 0 Å². The SMILES string of the molecule is Cc1ncccc1C1CCCN1CC(C)C. The third-order valence-corrected chi connectivity index (χ3v) is 3.37. The summed E-state index contributed by atoms with van der Waals surface area (Å²) < 4.78 is 0. The molecule has 2 heteroatoms. The van der Waals surface area contributed by atoms with Gasteiger partial charge in [0.15, 0.2) is 0 Å². The fourth-order valence-corrected chi connectivity index (χ4v) is 2.71. The number of aromatic nitrogens is 1. The fourth-order valence-electron chi connectivity index (χ4n) is 2.71. The van der Waals surface area contributed by atoms with Crippen molar-refractivity contribution in [3.05, 3.63) is 29.6 Å². The topological polar surface area (TPSA) is 16.1 Å². The molecule has 1 unspecified atom stereocenters. The lowest BCUT2D eigenvalue weighted by Crippen LogP contribution is -2.27. The van der Waals surface area contributed by atoms with Gasteiger partial charge in [0, 0.05) is 24.5 Å². The van der Waals surface area contributed by atoms with Crippen LogP contribution in [0, 0.1) is 12.8 Å². The number of likely N-dealkylation sites (tertiary alicyclic amines) is 1. The minimum absolute atomic E-state index is 0.607. The second kappa shape index (κ2) is 4.96. The molecule has 0 aromatic carbocycles. The molecule has 1 aliphatic heterocycles. The van der Waals surface area contributed by atoms with Crippen LogP contribution >= 0.6 is 0 Å². The van der Waals surface area contributed by atoms with Crippen LogP contribution in [0.25, 0.3) is 0 Å². The van der Waals surface area contributed by atoms with E-state index in [0.29, 0.717) is 6.04 Å². The highest BCUT2D eigenvalue weighted by atomic mass is 15.2. The van der Waals surface area contributed by atoms with Gasteiger partial charge in [0.25, 0.3) is 0 Å². The first-order chi connectivity index (χ1) is 7.68. The molecule has 1 atom stereocenters. The molecular weight excluding hydrogens is 196 g/mol. The molecule has 0 saturated carbocycles. The molecule has 1 fully saturated rings. The minimum Gasteiger partial charge on any atom is -0.296 e. The molecule has 2 rings (SSSR count). The highest BCUT2D eigenvalue weighted by molar-refractivity contribution is 5.23. The zero-order valence-corrected chi connectivity index (χ0v) is 10.6. The molecule has 1 aromatic heterocycles. The van der Waals surface area contributed by atoms with Crippen molar-refractivity contribution in [3.63, 3.8) is 0 Å². The largest absolute Gasteiger partial charge is 0.296 e. The molecule has 1 saturated heterocycles. The van der Waals surface area contributed by atoms with Crippen molar-refractivity contribution in [2.75, 3.05) is 13.1 Å². The van der Waals surface area contributed by atoms with Gasteiger partial charge in [0.05, 0.1) is 0 Å². The van der Waals surface area contributed by atoms with E-state index in [0.717, 1.165) is 5.92 Å². The second-order valence-electron chi connectivity index (χ2n) is 5.22. The van der Waals surface area contributed by atoms with E-state index in [2.05, 4.69) is 42.8 Å². The predicted octanol–water partition coefficient (Wildman–Crippen LogP) is 3.18. The van der Waals surface area contributed by atoms with Crippen molar-refractivity contribution >= 4 is 0 Å². The maximum absolute atomic E-state index is 4.41. The molecule has 0 amide bonds. The van der Waals surface area contributed by atoms with Crippen molar-refractivity contribution in [3.8, 4) is 0 Å². The Morgan fingerprint density at radius 1 is 1.50 bits per heavy atom. The zero-order chi connectivity index (χ0) is 11.5. The molecule has 16 heavy (non-hydrogen) atoms. The van der Waals surface area contributed by atoms with Crippen molar-refractivity contribution in [2.45, 2.75) is 39.7 Å². The molecule has 0 spiro atoms. The number of rotatable bonds is 3. The molecule has 2 nitrogen and oxygen atoms in total. The van der Waals surface area contributed by atoms with E-state index in [-0.39, 0.29) is 0 Å². The molecular formula is C14H22N2. The van der Waals surface area contributed by atoms with E-state index in [1.807, 2.05) is 6.20 Å². The highest BCUT2D eigenvalue weighted by Gasteiger charge is 2.27. The van der Waals surface area contributed by atoms with Gasteiger partial charge >= 0.3 is 0 Å². The maximum atomic E-state index is 4.41. The van der Waals surface area contributed by atoms with Crippen LogP contribution in [-0.2, 0) is 0 Å². The van der Waals surface area contributed by atoms with E-state index < -0.39 is 0 Å². The minimum atomic E-state index is 0.607. The van der Waals surface area contributed by atoms with Crippen molar-refractivity contribution < 1.29 is 0 Å². The van der Waals surface area contributed by atoms with Crippen LogP contribution in [0.5, 0.6) is 0 Å². The predicted molar refractivity (Wildman–Crippen MR) is 67.4 cm³/mol. The van der Waals surface area contributed by atoms with Crippen LogP contribution in [0.4, 0.5) is 0 Å². The standard InChI is InChI=1S/C14H22N2/c1-11(2)10-16-9-5-7-14(16)13-6-4-8-15-12(13)3/h4,6,8,11,14H,5,7,9-10H2,1-3H3. The van der Waals surface area contributed by atoms with Crippen molar-refractivity contribution in [1.29, 1.82) is 0 Å². The summed E-state index contributed by atoms with van der Waals surface area (Å²) in [6, 6.07) is 4.91. The molecule has 0 bridgehead atoms. The molecule has 0 N–H and O–H groups in total. The summed E-state index contributed by atoms with van der Waals surface area (Å²) in [5, 5.41) is 0. The van der Waals surface area contributed by atoms with Gasteiger partial charge in [0.2, 0.25) is 0 Å². The number of nitrogens with zero attached hydrogens (tertiary/aromatic N) is 2. The third-order valence-electron chi connectivity index (χ3n) is 3.37. The van der Waals surface area contributed by atoms with Gasteiger partial charge < -0.3 is 0 Å². The Morgan fingerprint density at radius 3 is 3.00 bits per heavy atom. The smallest absolute Gasteiger partial charge is 0.0420 e. The van der Waals surface area contributed by atoms with Crippen molar-refractivity contribution in [2.24, 2.45) is 5.92 Å². The van der Waals surface area contributed by atoms with E-state index in [1.54, 1.807) is 0 Å². The summed E-state index contributed by atoms with van der Waals surface area (Å²) in [4.78, 5) is 7.03. The van der Waals surface area contributed by atoms with E-state index in [4.69, 9.17) is 0 Å². The first-order valence-electron chi connectivity index (χ1n) is 6.34. The van der Waals surface area contributed by atoms with Crippen molar-refractivity contribution in [1.82, 2.24) is 9.88 Å². The monoisotopic (exact) mass is 218 g/mol. The normalized spacial score (nSPS) is 21.9. The average Bonchev–Trinajstić information content (AvgIpc) is 2.66.